The van der Waals surface area contributed by atoms with Gasteiger partial charge in [0, 0.05) is 26.2 Å². The molecule has 0 aromatic heterocycles. The van der Waals surface area contributed by atoms with Crippen LogP contribution >= 0.6 is 0 Å². The lowest BCUT2D eigenvalue weighted by Crippen LogP contribution is -2.58. The lowest BCUT2D eigenvalue weighted by atomic mass is 9.49. The summed E-state index contributed by atoms with van der Waals surface area (Å²) in [6.45, 7) is 3.75. The smallest absolute Gasteiger partial charge is 0.228 e. The molecule has 1 saturated heterocycles. The first-order valence-corrected chi connectivity index (χ1v) is 10.8. The summed E-state index contributed by atoms with van der Waals surface area (Å²) >= 11 is 0. The first-order valence-electron chi connectivity index (χ1n) is 9.19. The van der Waals surface area contributed by atoms with Crippen LogP contribution in [0.25, 0.3) is 0 Å². The highest BCUT2D eigenvalue weighted by Crippen LogP contribution is 2.60. The normalized spacial score (nSPS) is 40.6. The van der Waals surface area contributed by atoms with E-state index in [4.69, 9.17) is 0 Å². The Morgan fingerprint density at radius 2 is 1.43 bits per heavy atom. The fraction of sp³-hybridized carbons (Fsp3) is 0.941. The molecule has 0 N–H and O–H groups in total. The minimum atomic E-state index is -3.12. The second kappa shape index (κ2) is 5.45. The molecule has 4 saturated carbocycles. The Morgan fingerprint density at radius 1 is 0.957 bits per heavy atom. The van der Waals surface area contributed by atoms with Gasteiger partial charge >= 0.3 is 0 Å². The van der Waals surface area contributed by atoms with Crippen LogP contribution in [0.15, 0.2) is 0 Å². The topological polar surface area (TPSA) is 57.7 Å². The summed E-state index contributed by atoms with van der Waals surface area (Å²) in [4.78, 5) is 15.2. The molecule has 130 valence electrons. The van der Waals surface area contributed by atoms with Crippen molar-refractivity contribution >= 4 is 15.9 Å². The Kier molecular flexibility index (Phi) is 3.76. The van der Waals surface area contributed by atoms with E-state index in [1.807, 2.05) is 4.90 Å². The van der Waals surface area contributed by atoms with E-state index in [9.17, 15) is 13.2 Å². The first kappa shape index (κ1) is 15.9. The molecule has 5 rings (SSSR count). The molecule has 1 heterocycles. The Labute approximate surface area is 139 Å². The van der Waals surface area contributed by atoms with Crippen molar-refractivity contribution in [3.05, 3.63) is 0 Å². The van der Waals surface area contributed by atoms with Crippen LogP contribution in [-0.4, -0.2) is 55.5 Å². The minimum Gasteiger partial charge on any atom is -0.340 e. The van der Waals surface area contributed by atoms with E-state index in [1.165, 1.54) is 19.3 Å². The minimum absolute atomic E-state index is 0.0967. The van der Waals surface area contributed by atoms with Gasteiger partial charge in [0.25, 0.3) is 0 Å². The van der Waals surface area contributed by atoms with Crippen molar-refractivity contribution < 1.29 is 13.2 Å². The monoisotopic (exact) mass is 340 g/mol. The van der Waals surface area contributed by atoms with E-state index < -0.39 is 10.0 Å². The molecule has 0 atom stereocenters. The fourth-order valence-corrected chi connectivity index (χ4v) is 7.14. The van der Waals surface area contributed by atoms with E-state index in [0.717, 1.165) is 37.0 Å². The summed E-state index contributed by atoms with van der Waals surface area (Å²) in [5, 5.41) is 0. The molecule has 0 aromatic rings. The highest BCUT2D eigenvalue weighted by Gasteiger charge is 2.55. The molecule has 5 aliphatic rings. The average molecular weight is 340 g/mol. The van der Waals surface area contributed by atoms with Crippen LogP contribution < -0.4 is 0 Å². The third-order valence-corrected chi connectivity index (χ3v) is 8.66. The molecule has 0 spiro atoms. The number of hydrogen-bond donors (Lipinski definition) is 0. The number of piperazine rings is 1. The van der Waals surface area contributed by atoms with Crippen molar-refractivity contribution in [2.45, 2.75) is 45.4 Å². The molecule has 4 aliphatic carbocycles. The lowest BCUT2D eigenvalue weighted by molar-refractivity contribution is -0.158. The van der Waals surface area contributed by atoms with Crippen LogP contribution in [0.3, 0.4) is 0 Å². The van der Waals surface area contributed by atoms with Crippen LogP contribution in [0.4, 0.5) is 0 Å². The summed E-state index contributed by atoms with van der Waals surface area (Å²) in [6, 6.07) is 0. The largest absolute Gasteiger partial charge is 0.340 e. The van der Waals surface area contributed by atoms with Crippen molar-refractivity contribution in [1.82, 2.24) is 9.21 Å². The van der Waals surface area contributed by atoms with Crippen LogP contribution in [0, 0.1) is 23.2 Å². The van der Waals surface area contributed by atoms with E-state index in [2.05, 4.69) is 0 Å². The van der Waals surface area contributed by atoms with E-state index in [1.54, 1.807) is 11.2 Å². The molecule has 1 amide bonds. The molecule has 1 aliphatic heterocycles. The predicted molar refractivity (Wildman–Crippen MR) is 88.2 cm³/mol. The van der Waals surface area contributed by atoms with Gasteiger partial charge in [0.05, 0.1) is 11.2 Å². The van der Waals surface area contributed by atoms with Gasteiger partial charge in [0.1, 0.15) is 0 Å². The van der Waals surface area contributed by atoms with E-state index >= 15 is 0 Å². The van der Waals surface area contributed by atoms with Gasteiger partial charge < -0.3 is 4.90 Å². The highest BCUT2D eigenvalue weighted by molar-refractivity contribution is 7.89. The molecular formula is C17H28N2O3S. The van der Waals surface area contributed by atoms with E-state index in [-0.39, 0.29) is 11.2 Å². The molecule has 23 heavy (non-hydrogen) atoms. The van der Waals surface area contributed by atoms with Gasteiger partial charge in [-0.2, -0.15) is 4.31 Å². The number of hydrogen-bond acceptors (Lipinski definition) is 3. The predicted octanol–water partition coefficient (Wildman–Crippen LogP) is 1.70. The third-order valence-electron chi connectivity index (χ3n) is 6.78. The van der Waals surface area contributed by atoms with Crippen molar-refractivity contribution in [2.24, 2.45) is 23.2 Å². The van der Waals surface area contributed by atoms with Crippen LogP contribution in [0.1, 0.15) is 45.4 Å². The van der Waals surface area contributed by atoms with Crippen LogP contribution in [0.2, 0.25) is 0 Å². The third kappa shape index (κ3) is 2.62. The molecule has 4 bridgehead atoms. The van der Waals surface area contributed by atoms with Gasteiger partial charge in [0.15, 0.2) is 0 Å². The van der Waals surface area contributed by atoms with Crippen LogP contribution in [-0.2, 0) is 14.8 Å². The molecule has 6 heteroatoms. The average Bonchev–Trinajstić information content (AvgIpc) is 2.53. The zero-order chi connectivity index (χ0) is 16.2. The summed E-state index contributed by atoms with van der Waals surface area (Å²) in [5.74, 6) is 2.80. The van der Waals surface area contributed by atoms with Gasteiger partial charge in [-0.25, -0.2) is 8.42 Å². The Bertz CT molecular complexity index is 558. The summed E-state index contributed by atoms with van der Waals surface area (Å²) in [5.41, 5.74) is -0.0967. The molecule has 0 radical (unpaired) electrons. The van der Waals surface area contributed by atoms with Gasteiger partial charge in [-0.05, 0) is 63.2 Å². The molecular weight excluding hydrogens is 312 g/mol. The summed E-state index contributed by atoms with van der Waals surface area (Å²) < 4.78 is 25.5. The Morgan fingerprint density at radius 3 is 1.87 bits per heavy atom. The summed E-state index contributed by atoms with van der Waals surface area (Å²) in [6.07, 6.45) is 7.29. The van der Waals surface area contributed by atoms with Crippen molar-refractivity contribution in [3.63, 3.8) is 0 Å². The standard InChI is InChI=1S/C17H28N2O3S/c1-2-23(21,22)19-5-3-18(4-6-19)16(20)17-10-13-7-14(11-17)9-15(8-13)12-17/h13-15H,2-12H2,1H3. The molecule has 5 fully saturated rings. The number of carbonyl (C=O) groups is 1. The SMILES string of the molecule is CCS(=O)(=O)N1CCN(C(=O)C23CC4CC(CC(C4)C2)C3)CC1. The fourth-order valence-electron chi connectivity index (χ4n) is 6.06. The second-order valence-corrected chi connectivity index (χ2v) is 10.5. The maximum Gasteiger partial charge on any atom is 0.228 e. The molecule has 0 aromatic carbocycles. The summed E-state index contributed by atoms with van der Waals surface area (Å²) in [7, 11) is -3.12. The first-order chi connectivity index (χ1) is 10.9. The zero-order valence-electron chi connectivity index (χ0n) is 14.0. The Balaban J connectivity index is 1.45. The number of nitrogens with zero attached hydrogens (tertiary/aromatic N) is 2. The molecule has 0 unspecified atom stereocenters. The zero-order valence-corrected chi connectivity index (χ0v) is 14.9. The molecule has 5 nitrogen and oxygen atoms in total. The maximum atomic E-state index is 13.2. The Hall–Kier alpha value is -0.620. The number of sulfonamides is 1. The number of rotatable bonds is 3. The van der Waals surface area contributed by atoms with E-state index in [0.29, 0.717) is 32.1 Å². The van der Waals surface area contributed by atoms with Crippen molar-refractivity contribution in [1.29, 1.82) is 0 Å². The highest BCUT2D eigenvalue weighted by atomic mass is 32.2. The van der Waals surface area contributed by atoms with Gasteiger partial charge in [-0.1, -0.05) is 0 Å². The number of carbonyl (C=O) groups excluding carboxylic acids is 1. The lowest BCUT2D eigenvalue weighted by Gasteiger charge is -2.57. The quantitative estimate of drug-likeness (QED) is 0.786. The van der Waals surface area contributed by atoms with Gasteiger partial charge in [0.2, 0.25) is 15.9 Å². The van der Waals surface area contributed by atoms with Crippen molar-refractivity contribution in [3.8, 4) is 0 Å². The maximum absolute atomic E-state index is 13.2. The second-order valence-electron chi connectivity index (χ2n) is 8.29. The van der Waals surface area contributed by atoms with Crippen molar-refractivity contribution in [2.75, 3.05) is 31.9 Å². The van der Waals surface area contributed by atoms with Gasteiger partial charge in [-0.15, -0.1) is 0 Å². The number of amides is 1. The van der Waals surface area contributed by atoms with Gasteiger partial charge in [-0.3, -0.25) is 4.79 Å². The van der Waals surface area contributed by atoms with Crippen LogP contribution in [0.5, 0.6) is 0 Å².